The Hall–Kier alpha value is -0.610. The largest absolute Gasteiger partial charge is 0.354 e. The topological polar surface area (TPSA) is 44.4 Å². The van der Waals surface area contributed by atoms with Gasteiger partial charge in [-0.15, -0.1) is 0 Å². The number of nitrogens with one attached hydrogen (secondary N) is 2. The number of nitrogens with zero attached hydrogens (tertiary/aromatic N) is 1. The molecule has 0 spiro atoms. The van der Waals surface area contributed by atoms with E-state index in [2.05, 4.69) is 29.5 Å². The van der Waals surface area contributed by atoms with Gasteiger partial charge in [0.25, 0.3) is 0 Å². The summed E-state index contributed by atoms with van der Waals surface area (Å²) < 4.78 is 0. The second kappa shape index (κ2) is 6.02. The van der Waals surface area contributed by atoms with E-state index in [1.165, 1.54) is 25.7 Å². The Bertz CT molecular complexity index is 281. The van der Waals surface area contributed by atoms with Crippen LogP contribution in [0.15, 0.2) is 0 Å². The summed E-state index contributed by atoms with van der Waals surface area (Å²) in [5.74, 6) is 0.215. The van der Waals surface area contributed by atoms with Crippen molar-refractivity contribution in [3.8, 4) is 0 Å². The molecule has 1 aliphatic heterocycles. The summed E-state index contributed by atoms with van der Waals surface area (Å²) in [4.78, 5) is 14.5. The van der Waals surface area contributed by atoms with Crippen molar-refractivity contribution >= 4 is 5.91 Å². The van der Waals surface area contributed by atoms with Gasteiger partial charge in [-0.25, -0.2) is 0 Å². The highest BCUT2D eigenvalue weighted by atomic mass is 16.2. The van der Waals surface area contributed by atoms with Gasteiger partial charge in [0.05, 0.1) is 5.41 Å². The number of likely N-dealkylation sites (N-methyl/N-ethyl adjacent to an activating group) is 1. The van der Waals surface area contributed by atoms with Crippen LogP contribution in [0.3, 0.4) is 0 Å². The van der Waals surface area contributed by atoms with Crippen molar-refractivity contribution < 1.29 is 4.79 Å². The highest BCUT2D eigenvalue weighted by Gasteiger charge is 2.35. The van der Waals surface area contributed by atoms with Gasteiger partial charge in [0.15, 0.2) is 0 Å². The molecule has 4 nitrogen and oxygen atoms in total. The molecule has 1 aliphatic carbocycles. The molecule has 1 heterocycles. The molecule has 2 aliphatic rings. The number of hydrogen-bond donors (Lipinski definition) is 2. The lowest BCUT2D eigenvalue weighted by Gasteiger charge is -2.26. The number of carbonyl (C=O) groups excluding carboxylic acids is 1. The smallest absolute Gasteiger partial charge is 0.227 e. The van der Waals surface area contributed by atoms with Gasteiger partial charge >= 0.3 is 0 Å². The van der Waals surface area contributed by atoms with Crippen molar-refractivity contribution in [2.24, 2.45) is 5.41 Å². The zero-order valence-corrected chi connectivity index (χ0v) is 11.8. The van der Waals surface area contributed by atoms with E-state index in [-0.39, 0.29) is 11.3 Å². The molecule has 0 bridgehead atoms. The van der Waals surface area contributed by atoms with Crippen molar-refractivity contribution in [3.05, 3.63) is 0 Å². The first-order chi connectivity index (χ1) is 8.62. The quantitative estimate of drug-likeness (QED) is 0.767. The highest BCUT2D eigenvalue weighted by molar-refractivity contribution is 5.82. The Kier molecular flexibility index (Phi) is 4.62. The Morgan fingerprint density at radius 3 is 2.78 bits per heavy atom. The number of carbonyl (C=O) groups is 1. The van der Waals surface area contributed by atoms with Gasteiger partial charge in [-0.3, -0.25) is 4.79 Å². The van der Waals surface area contributed by atoms with Gasteiger partial charge < -0.3 is 15.5 Å². The zero-order valence-electron chi connectivity index (χ0n) is 11.8. The molecule has 0 aromatic heterocycles. The van der Waals surface area contributed by atoms with Crippen LogP contribution in [0.1, 0.15) is 39.0 Å². The van der Waals surface area contributed by atoms with Crippen LogP contribution in [-0.4, -0.2) is 50.1 Å². The molecule has 4 heteroatoms. The number of rotatable bonds is 5. The third-order valence-corrected chi connectivity index (χ3v) is 4.62. The van der Waals surface area contributed by atoms with E-state index in [4.69, 9.17) is 0 Å². The van der Waals surface area contributed by atoms with Crippen LogP contribution in [0.25, 0.3) is 0 Å². The molecule has 1 unspecified atom stereocenters. The molecule has 0 radical (unpaired) electrons. The molecule has 104 valence electrons. The summed E-state index contributed by atoms with van der Waals surface area (Å²) in [6, 6.07) is 0.741. The second-order valence-electron chi connectivity index (χ2n) is 6.16. The van der Waals surface area contributed by atoms with Crippen LogP contribution in [0, 0.1) is 5.41 Å². The molecule has 0 aromatic rings. The fraction of sp³-hybridized carbons (Fsp3) is 0.929. The van der Waals surface area contributed by atoms with Gasteiger partial charge in [0.2, 0.25) is 5.91 Å². The van der Waals surface area contributed by atoms with Gasteiger partial charge in [-0.2, -0.15) is 0 Å². The maximum Gasteiger partial charge on any atom is 0.227 e. The molecule has 2 fully saturated rings. The minimum Gasteiger partial charge on any atom is -0.354 e. The van der Waals surface area contributed by atoms with Crippen LogP contribution in [0.5, 0.6) is 0 Å². The number of hydrogen-bond acceptors (Lipinski definition) is 3. The summed E-state index contributed by atoms with van der Waals surface area (Å²) in [6.45, 7) is 5.59. The lowest BCUT2D eigenvalue weighted by atomic mass is 9.89. The van der Waals surface area contributed by atoms with Crippen molar-refractivity contribution in [2.75, 3.05) is 33.2 Å². The van der Waals surface area contributed by atoms with Crippen LogP contribution < -0.4 is 10.6 Å². The minimum absolute atomic E-state index is 0.189. The molecule has 1 saturated heterocycles. The fourth-order valence-corrected chi connectivity index (χ4v) is 3.10. The third kappa shape index (κ3) is 3.23. The maximum atomic E-state index is 12.1. The van der Waals surface area contributed by atoms with Crippen molar-refractivity contribution in [2.45, 2.75) is 45.1 Å². The normalized spacial score (nSPS) is 29.1. The molecule has 18 heavy (non-hydrogen) atoms. The molecule has 1 amide bonds. The average Bonchev–Trinajstić information content (AvgIpc) is 3.00. The van der Waals surface area contributed by atoms with Gasteiger partial charge in [-0.05, 0) is 39.8 Å². The summed E-state index contributed by atoms with van der Waals surface area (Å²) in [5.41, 5.74) is -0.189. The van der Waals surface area contributed by atoms with Crippen LogP contribution in [-0.2, 0) is 4.79 Å². The van der Waals surface area contributed by atoms with E-state index in [0.717, 1.165) is 38.6 Å². The monoisotopic (exact) mass is 253 g/mol. The van der Waals surface area contributed by atoms with E-state index in [1.54, 1.807) is 0 Å². The predicted octanol–water partition coefficient (Wildman–Crippen LogP) is 0.977. The van der Waals surface area contributed by atoms with Crippen molar-refractivity contribution in [1.29, 1.82) is 0 Å². The Morgan fingerprint density at radius 1 is 1.44 bits per heavy atom. The average molecular weight is 253 g/mol. The third-order valence-electron chi connectivity index (χ3n) is 4.62. The van der Waals surface area contributed by atoms with E-state index in [1.807, 2.05) is 0 Å². The van der Waals surface area contributed by atoms with E-state index >= 15 is 0 Å². The highest BCUT2D eigenvalue weighted by Crippen LogP contribution is 2.24. The fourth-order valence-electron chi connectivity index (χ4n) is 3.10. The predicted molar refractivity (Wildman–Crippen MR) is 73.5 cm³/mol. The molecular weight excluding hydrogens is 226 g/mol. The molecule has 2 N–H and O–H groups in total. The number of amides is 1. The first-order valence-corrected chi connectivity index (χ1v) is 7.31. The summed E-state index contributed by atoms with van der Waals surface area (Å²) >= 11 is 0. The molecule has 2 rings (SSSR count). The van der Waals surface area contributed by atoms with E-state index < -0.39 is 0 Å². The van der Waals surface area contributed by atoms with Crippen molar-refractivity contribution in [3.63, 3.8) is 0 Å². The van der Waals surface area contributed by atoms with Crippen LogP contribution >= 0.6 is 0 Å². The van der Waals surface area contributed by atoms with Gasteiger partial charge in [0.1, 0.15) is 0 Å². The Balaban J connectivity index is 1.66. The zero-order chi connectivity index (χ0) is 13.0. The van der Waals surface area contributed by atoms with Crippen LogP contribution in [0.4, 0.5) is 0 Å². The summed E-state index contributed by atoms with van der Waals surface area (Å²) in [6.07, 6.45) is 6.34. The lowest BCUT2D eigenvalue weighted by Crippen LogP contribution is -2.44. The maximum absolute atomic E-state index is 12.1. The van der Waals surface area contributed by atoms with Gasteiger partial charge in [-0.1, -0.05) is 12.8 Å². The van der Waals surface area contributed by atoms with Gasteiger partial charge in [0, 0.05) is 25.7 Å². The van der Waals surface area contributed by atoms with E-state index in [9.17, 15) is 4.79 Å². The Labute approximate surface area is 110 Å². The molecule has 1 saturated carbocycles. The standard InChI is InChI=1S/C14H27N3O/c1-14(7-8-15-11-14)13(18)16-9-10-17(2)12-5-3-4-6-12/h12,15H,3-11H2,1-2H3,(H,16,18). The van der Waals surface area contributed by atoms with Crippen LogP contribution in [0.2, 0.25) is 0 Å². The SMILES string of the molecule is CN(CCNC(=O)C1(C)CCNC1)C1CCCC1. The van der Waals surface area contributed by atoms with Crippen molar-refractivity contribution in [1.82, 2.24) is 15.5 Å². The molecule has 1 atom stereocenters. The Morgan fingerprint density at radius 2 is 2.17 bits per heavy atom. The second-order valence-corrected chi connectivity index (χ2v) is 6.16. The summed E-state index contributed by atoms with van der Waals surface area (Å²) in [5, 5.41) is 6.37. The first-order valence-electron chi connectivity index (χ1n) is 7.31. The van der Waals surface area contributed by atoms with E-state index in [0.29, 0.717) is 0 Å². The molecule has 0 aromatic carbocycles. The lowest BCUT2D eigenvalue weighted by molar-refractivity contribution is -0.129. The summed E-state index contributed by atoms with van der Waals surface area (Å²) in [7, 11) is 2.18. The molecular formula is C14H27N3O. The first kappa shape index (κ1) is 13.8. The minimum atomic E-state index is -0.189.